The fourth-order valence-electron chi connectivity index (χ4n) is 1.55. The van der Waals surface area contributed by atoms with E-state index in [9.17, 15) is 4.39 Å². The first-order valence-corrected chi connectivity index (χ1v) is 5.89. The fraction of sp³-hybridized carbons (Fsp3) is 0.273. The van der Waals surface area contributed by atoms with Gasteiger partial charge in [-0.3, -0.25) is 0 Å². The molecule has 0 saturated heterocycles. The van der Waals surface area contributed by atoms with Gasteiger partial charge in [-0.2, -0.15) is 5.10 Å². The van der Waals surface area contributed by atoms with E-state index in [0.717, 1.165) is 0 Å². The SMILES string of the molecule is Cc1nn(-c2nccc(CCl)c2F)c(C)c1Cl. The first-order valence-electron chi connectivity index (χ1n) is 4.97. The van der Waals surface area contributed by atoms with E-state index in [1.807, 2.05) is 0 Å². The lowest BCUT2D eigenvalue weighted by Crippen LogP contribution is -2.06. The van der Waals surface area contributed by atoms with Crippen LogP contribution in [0.25, 0.3) is 5.82 Å². The summed E-state index contributed by atoms with van der Waals surface area (Å²) in [6.07, 6.45) is 1.50. The van der Waals surface area contributed by atoms with Crippen LogP contribution in [-0.2, 0) is 5.88 Å². The Hall–Kier alpha value is -1.13. The van der Waals surface area contributed by atoms with E-state index in [-0.39, 0.29) is 11.7 Å². The van der Waals surface area contributed by atoms with Crippen molar-refractivity contribution in [2.45, 2.75) is 19.7 Å². The van der Waals surface area contributed by atoms with Crippen LogP contribution < -0.4 is 0 Å². The Bertz CT molecular complexity index is 566. The van der Waals surface area contributed by atoms with Gasteiger partial charge in [-0.25, -0.2) is 14.1 Å². The Balaban J connectivity index is 2.64. The van der Waals surface area contributed by atoms with Gasteiger partial charge in [0.15, 0.2) is 11.6 Å². The van der Waals surface area contributed by atoms with Crippen LogP contribution in [0.1, 0.15) is 17.0 Å². The second kappa shape index (κ2) is 4.63. The molecule has 0 bridgehead atoms. The summed E-state index contributed by atoms with van der Waals surface area (Å²) in [4.78, 5) is 3.98. The summed E-state index contributed by atoms with van der Waals surface area (Å²) in [5, 5.41) is 4.67. The van der Waals surface area contributed by atoms with Crippen LogP contribution in [0.4, 0.5) is 4.39 Å². The van der Waals surface area contributed by atoms with Crippen molar-refractivity contribution in [3.05, 3.63) is 40.1 Å². The highest BCUT2D eigenvalue weighted by Crippen LogP contribution is 2.24. The number of aryl methyl sites for hydroxylation is 1. The van der Waals surface area contributed by atoms with E-state index in [1.54, 1.807) is 19.9 Å². The summed E-state index contributed by atoms with van der Waals surface area (Å²) in [6.45, 7) is 3.52. The third-order valence-electron chi connectivity index (χ3n) is 2.50. The minimum Gasteiger partial charge on any atom is -0.235 e. The van der Waals surface area contributed by atoms with Crippen molar-refractivity contribution in [1.82, 2.24) is 14.8 Å². The maximum absolute atomic E-state index is 14.0. The summed E-state index contributed by atoms with van der Waals surface area (Å²) < 4.78 is 15.4. The van der Waals surface area contributed by atoms with Crippen molar-refractivity contribution in [2.24, 2.45) is 0 Å². The van der Waals surface area contributed by atoms with Crippen molar-refractivity contribution >= 4 is 23.2 Å². The van der Waals surface area contributed by atoms with Crippen LogP contribution in [0.5, 0.6) is 0 Å². The summed E-state index contributed by atoms with van der Waals surface area (Å²) >= 11 is 11.7. The van der Waals surface area contributed by atoms with Gasteiger partial charge in [-0.05, 0) is 19.9 Å². The maximum Gasteiger partial charge on any atom is 0.190 e. The topological polar surface area (TPSA) is 30.7 Å². The van der Waals surface area contributed by atoms with Crippen molar-refractivity contribution in [3.8, 4) is 5.82 Å². The van der Waals surface area contributed by atoms with E-state index >= 15 is 0 Å². The van der Waals surface area contributed by atoms with Gasteiger partial charge in [-0.1, -0.05) is 11.6 Å². The van der Waals surface area contributed by atoms with Gasteiger partial charge < -0.3 is 0 Å². The average Bonchev–Trinajstić information content (AvgIpc) is 2.57. The molecule has 2 aromatic rings. The monoisotopic (exact) mass is 273 g/mol. The lowest BCUT2D eigenvalue weighted by molar-refractivity contribution is 0.587. The molecule has 6 heteroatoms. The lowest BCUT2D eigenvalue weighted by atomic mass is 10.3. The van der Waals surface area contributed by atoms with Crippen molar-refractivity contribution in [1.29, 1.82) is 0 Å². The lowest BCUT2D eigenvalue weighted by Gasteiger charge is -2.06. The molecule has 0 fully saturated rings. The molecule has 0 aliphatic rings. The number of pyridine rings is 1. The number of nitrogens with zero attached hydrogens (tertiary/aromatic N) is 3. The molecule has 0 saturated carbocycles. The van der Waals surface area contributed by atoms with Gasteiger partial charge in [0.25, 0.3) is 0 Å². The Kier molecular flexibility index (Phi) is 3.35. The van der Waals surface area contributed by atoms with E-state index < -0.39 is 5.82 Å². The highest BCUT2D eigenvalue weighted by Gasteiger charge is 2.16. The van der Waals surface area contributed by atoms with Gasteiger partial charge in [-0.15, -0.1) is 11.6 Å². The van der Waals surface area contributed by atoms with Gasteiger partial charge >= 0.3 is 0 Å². The molecule has 2 rings (SSSR count). The van der Waals surface area contributed by atoms with Gasteiger partial charge in [0.1, 0.15) is 0 Å². The highest BCUT2D eigenvalue weighted by atomic mass is 35.5. The minimum atomic E-state index is -0.468. The van der Waals surface area contributed by atoms with Crippen molar-refractivity contribution in [3.63, 3.8) is 0 Å². The Morgan fingerprint density at radius 1 is 1.41 bits per heavy atom. The van der Waals surface area contributed by atoms with Gasteiger partial charge in [0, 0.05) is 11.8 Å². The summed E-state index contributed by atoms with van der Waals surface area (Å²) in [5.74, 6) is -0.255. The van der Waals surface area contributed by atoms with E-state index in [2.05, 4.69) is 10.1 Å². The predicted octanol–water partition coefficient (Wildman–Crippen LogP) is 3.42. The fourth-order valence-corrected chi connectivity index (χ4v) is 1.88. The smallest absolute Gasteiger partial charge is 0.190 e. The van der Waals surface area contributed by atoms with E-state index in [1.165, 1.54) is 10.9 Å². The first-order chi connectivity index (χ1) is 8.06. The van der Waals surface area contributed by atoms with E-state index in [4.69, 9.17) is 23.2 Å². The molecule has 0 amide bonds. The Morgan fingerprint density at radius 2 is 2.12 bits per heavy atom. The number of alkyl halides is 1. The number of halogens is 3. The molecule has 0 aliphatic carbocycles. The molecule has 3 nitrogen and oxygen atoms in total. The normalized spacial score (nSPS) is 10.9. The van der Waals surface area contributed by atoms with Gasteiger partial charge in [0.2, 0.25) is 0 Å². The van der Waals surface area contributed by atoms with E-state index in [0.29, 0.717) is 22.0 Å². The number of rotatable bonds is 2. The maximum atomic E-state index is 14.0. The molecule has 0 aromatic carbocycles. The third kappa shape index (κ3) is 2.03. The molecule has 0 radical (unpaired) electrons. The molecule has 2 aromatic heterocycles. The second-order valence-corrected chi connectivity index (χ2v) is 4.28. The van der Waals surface area contributed by atoms with Crippen LogP contribution in [0.3, 0.4) is 0 Å². The minimum absolute atomic E-state index is 0.0917. The summed E-state index contributed by atoms with van der Waals surface area (Å²) in [5.41, 5.74) is 1.68. The Labute approximate surface area is 108 Å². The molecule has 0 spiro atoms. The number of hydrogen-bond acceptors (Lipinski definition) is 2. The quantitative estimate of drug-likeness (QED) is 0.785. The zero-order chi connectivity index (χ0) is 12.6. The molecule has 0 N–H and O–H groups in total. The molecular weight excluding hydrogens is 264 g/mol. The second-order valence-electron chi connectivity index (χ2n) is 3.64. The standard InChI is InChI=1S/C11H10Cl2FN3/c1-6-9(13)7(2)17(16-6)11-10(14)8(5-12)3-4-15-11/h3-4H,5H2,1-2H3. The number of hydrogen-bond donors (Lipinski definition) is 0. The molecule has 17 heavy (non-hydrogen) atoms. The van der Waals surface area contributed by atoms with Crippen molar-refractivity contribution < 1.29 is 4.39 Å². The predicted molar refractivity (Wildman–Crippen MR) is 65.4 cm³/mol. The zero-order valence-electron chi connectivity index (χ0n) is 9.34. The molecule has 0 unspecified atom stereocenters. The summed E-state index contributed by atoms with van der Waals surface area (Å²) in [6, 6.07) is 1.54. The molecular formula is C11H10Cl2FN3. The van der Waals surface area contributed by atoms with Crippen LogP contribution in [0.2, 0.25) is 5.02 Å². The van der Waals surface area contributed by atoms with Crippen LogP contribution in [0, 0.1) is 19.7 Å². The van der Waals surface area contributed by atoms with Crippen LogP contribution in [0.15, 0.2) is 12.3 Å². The van der Waals surface area contributed by atoms with Gasteiger partial charge in [0.05, 0.1) is 22.3 Å². The average molecular weight is 274 g/mol. The molecule has 0 aliphatic heterocycles. The first kappa shape index (κ1) is 12.3. The highest BCUT2D eigenvalue weighted by molar-refractivity contribution is 6.31. The molecule has 0 atom stereocenters. The number of aromatic nitrogens is 3. The molecule has 2 heterocycles. The zero-order valence-corrected chi connectivity index (χ0v) is 10.8. The Morgan fingerprint density at radius 3 is 2.65 bits per heavy atom. The van der Waals surface area contributed by atoms with Crippen molar-refractivity contribution in [2.75, 3.05) is 0 Å². The summed E-state index contributed by atoms with van der Waals surface area (Å²) in [7, 11) is 0. The largest absolute Gasteiger partial charge is 0.235 e. The van der Waals surface area contributed by atoms with Crippen LogP contribution in [-0.4, -0.2) is 14.8 Å². The van der Waals surface area contributed by atoms with Crippen LogP contribution >= 0.6 is 23.2 Å². The molecule has 90 valence electrons. The third-order valence-corrected chi connectivity index (χ3v) is 3.33.